The van der Waals surface area contributed by atoms with Crippen LogP contribution in [0.1, 0.15) is 5.56 Å². The van der Waals surface area contributed by atoms with Gasteiger partial charge in [0.15, 0.2) is 6.61 Å². The van der Waals surface area contributed by atoms with Crippen molar-refractivity contribution in [2.75, 3.05) is 11.9 Å². The van der Waals surface area contributed by atoms with Crippen molar-refractivity contribution in [2.24, 2.45) is 0 Å². The Hall–Kier alpha value is -2.24. The number of anilines is 1. The topological polar surface area (TPSA) is 75.6 Å². The number of ether oxygens (including phenoxy) is 1. The summed E-state index contributed by atoms with van der Waals surface area (Å²) in [5.41, 5.74) is 1.14. The molecular weight excluding hydrogens is 341 g/mol. The van der Waals surface area contributed by atoms with Gasteiger partial charge >= 0.3 is 5.97 Å². The number of halogens is 2. The quantitative estimate of drug-likeness (QED) is 0.807. The highest BCUT2D eigenvalue weighted by Gasteiger charge is 2.09. The van der Waals surface area contributed by atoms with Crippen molar-refractivity contribution in [1.82, 2.24) is 0 Å². The van der Waals surface area contributed by atoms with Crippen molar-refractivity contribution in [3.63, 3.8) is 0 Å². The average Bonchev–Trinajstić information content (AvgIpc) is 2.51. The molecule has 0 atom stereocenters. The lowest BCUT2D eigenvalue weighted by molar-refractivity contribution is -0.146. The number of esters is 1. The lowest BCUT2D eigenvalue weighted by atomic mass is 10.1. The van der Waals surface area contributed by atoms with Crippen LogP contribution in [-0.4, -0.2) is 23.6 Å². The molecule has 0 aliphatic carbocycles. The molecule has 0 aromatic heterocycles. The second-order valence-electron chi connectivity index (χ2n) is 4.68. The molecule has 0 saturated carbocycles. The summed E-state index contributed by atoms with van der Waals surface area (Å²) in [7, 11) is 0. The predicted octanol–water partition coefficient (Wildman–Crippen LogP) is 3.42. The van der Waals surface area contributed by atoms with E-state index in [1.165, 1.54) is 18.2 Å². The third-order valence-electron chi connectivity index (χ3n) is 2.85. The Morgan fingerprint density at radius 2 is 1.74 bits per heavy atom. The molecule has 0 spiro atoms. The van der Waals surface area contributed by atoms with Crippen LogP contribution in [0.4, 0.5) is 5.69 Å². The molecule has 0 bridgehead atoms. The largest absolute Gasteiger partial charge is 0.508 e. The van der Waals surface area contributed by atoms with Gasteiger partial charge in [-0.2, -0.15) is 0 Å². The van der Waals surface area contributed by atoms with Gasteiger partial charge in [-0.25, -0.2) is 0 Å². The Balaban J connectivity index is 1.80. The summed E-state index contributed by atoms with van der Waals surface area (Å²) in [4.78, 5) is 23.4. The van der Waals surface area contributed by atoms with Gasteiger partial charge in [-0.05, 0) is 35.9 Å². The van der Waals surface area contributed by atoms with Crippen LogP contribution in [0, 0.1) is 0 Å². The number of carbonyl (C=O) groups excluding carboxylic acids is 2. The van der Waals surface area contributed by atoms with Crippen molar-refractivity contribution in [1.29, 1.82) is 0 Å². The summed E-state index contributed by atoms with van der Waals surface area (Å²) in [6, 6.07) is 10.8. The van der Waals surface area contributed by atoms with Crippen molar-refractivity contribution in [3.05, 3.63) is 58.1 Å². The molecule has 5 nitrogen and oxygen atoms in total. The van der Waals surface area contributed by atoms with Crippen molar-refractivity contribution < 1.29 is 19.4 Å². The van der Waals surface area contributed by atoms with E-state index in [2.05, 4.69) is 5.32 Å². The lowest BCUT2D eigenvalue weighted by Gasteiger charge is -2.07. The Labute approximate surface area is 142 Å². The van der Waals surface area contributed by atoms with Crippen LogP contribution in [0.25, 0.3) is 0 Å². The van der Waals surface area contributed by atoms with Crippen LogP contribution in [0.15, 0.2) is 42.5 Å². The van der Waals surface area contributed by atoms with Crippen LogP contribution >= 0.6 is 23.2 Å². The van der Waals surface area contributed by atoms with Gasteiger partial charge in [0.2, 0.25) is 0 Å². The fourth-order valence-corrected chi connectivity index (χ4v) is 2.05. The van der Waals surface area contributed by atoms with Crippen LogP contribution in [0.2, 0.25) is 10.0 Å². The standard InChI is InChI=1S/C16H13Cl2NO4/c17-13-6-3-11(8-14(13)18)19-15(21)9-23-16(22)7-10-1-4-12(20)5-2-10/h1-6,8,20H,7,9H2,(H,19,21). The molecule has 23 heavy (non-hydrogen) atoms. The maximum atomic E-state index is 11.7. The summed E-state index contributed by atoms with van der Waals surface area (Å²) in [6.07, 6.45) is 0.0142. The molecule has 0 radical (unpaired) electrons. The highest BCUT2D eigenvalue weighted by molar-refractivity contribution is 6.42. The number of hydrogen-bond acceptors (Lipinski definition) is 4. The first kappa shape index (κ1) is 17.1. The number of aromatic hydroxyl groups is 1. The van der Waals surface area contributed by atoms with E-state index >= 15 is 0 Å². The van der Waals surface area contributed by atoms with Crippen molar-refractivity contribution >= 4 is 40.8 Å². The van der Waals surface area contributed by atoms with E-state index in [-0.39, 0.29) is 12.2 Å². The number of nitrogens with one attached hydrogen (secondary N) is 1. The van der Waals surface area contributed by atoms with Crippen LogP contribution in [-0.2, 0) is 20.7 Å². The number of phenols is 1. The number of phenolic OH excluding ortho intramolecular Hbond substituents is 1. The second-order valence-corrected chi connectivity index (χ2v) is 5.50. The number of hydrogen-bond donors (Lipinski definition) is 2. The van der Waals surface area contributed by atoms with Gasteiger partial charge in [0.25, 0.3) is 5.91 Å². The van der Waals surface area contributed by atoms with E-state index in [1.807, 2.05) is 0 Å². The molecule has 120 valence electrons. The maximum absolute atomic E-state index is 11.7. The van der Waals surface area contributed by atoms with Crippen LogP contribution in [0.5, 0.6) is 5.75 Å². The monoisotopic (exact) mass is 353 g/mol. The zero-order valence-electron chi connectivity index (χ0n) is 11.9. The van der Waals surface area contributed by atoms with E-state index < -0.39 is 18.5 Å². The molecule has 0 aliphatic rings. The van der Waals surface area contributed by atoms with E-state index in [0.717, 1.165) is 0 Å². The molecule has 0 fully saturated rings. The molecule has 2 aromatic rings. The molecule has 0 saturated heterocycles. The smallest absolute Gasteiger partial charge is 0.310 e. The fraction of sp³-hybridized carbons (Fsp3) is 0.125. The van der Waals surface area contributed by atoms with Crippen LogP contribution in [0.3, 0.4) is 0 Å². The Bertz CT molecular complexity index is 717. The molecule has 0 heterocycles. The minimum atomic E-state index is -0.542. The molecule has 1 amide bonds. The van der Waals surface area contributed by atoms with Gasteiger partial charge in [-0.15, -0.1) is 0 Å². The highest BCUT2D eigenvalue weighted by atomic mass is 35.5. The summed E-state index contributed by atoms with van der Waals surface area (Å²) >= 11 is 11.6. The summed E-state index contributed by atoms with van der Waals surface area (Å²) in [5.74, 6) is -0.912. The third kappa shape index (κ3) is 5.47. The second kappa shape index (κ2) is 7.85. The Morgan fingerprint density at radius 1 is 1.04 bits per heavy atom. The Kier molecular flexibility index (Phi) is 5.84. The first-order valence-electron chi connectivity index (χ1n) is 6.62. The minimum Gasteiger partial charge on any atom is -0.508 e. The van der Waals surface area contributed by atoms with Gasteiger partial charge in [0, 0.05) is 5.69 Å². The third-order valence-corrected chi connectivity index (χ3v) is 3.59. The minimum absolute atomic E-state index is 0.0142. The van der Waals surface area contributed by atoms with Crippen molar-refractivity contribution in [3.8, 4) is 5.75 Å². The molecular formula is C16H13Cl2NO4. The summed E-state index contributed by atoms with van der Waals surface area (Å²) in [6.45, 7) is -0.406. The molecule has 0 unspecified atom stereocenters. The zero-order chi connectivity index (χ0) is 16.8. The SMILES string of the molecule is O=C(COC(=O)Cc1ccc(O)cc1)Nc1ccc(Cl)c(Cl)c1. The molecule has 2 rings (SSSR count). The van der Waals surface area contributed by atoms with E-state index in [4.69, 9.17) is 33.0 Å². The lowest BCUT2D eigenvalue weighted by Crippen LogP contribution is -2.21. The van der Waals surface area contributed by atoms with E-state index in [1.54, 1.807) is 24.3 Å². The molecule has 2 aromatic carbocycles. The van der Waals surface area contributed by atoms with Crippen LogP contribution < -0.4 is 5.32 Å². The normalized spacial score (nSPS) is 10.2. The number of carbonyl (C=O) groups is 2. The average molecular weight is 354 g/mol. The van der Waals surface area contributed by atoms with E-state index in [9.17, 15) is 9.59 Å². The van der Waals surface area contributed by atoms with Gasteiger partial charge < -0.3 is 15.2 Å². The fourth-order valence-electron chi connectivity index (χ4n) is 1.75. The van der Waals surface area contributed by atoms with E-state index in [0.29, 0.717) is 21.3 Å². The van der Waals surface area contributed by atoms with Gasteiger partial charge in [-0.1, -0.05) is 35.3 Å². The zero-order valence-corrected chi connectivity index (χ0v) is 13.4. The molecule has 2 N–H and O–H groups in total. The predicted molar refractivity (Wildman–Crippen MR) is 87.9 cm³/mol. The van der Waals surface area contributed by atoms with Gasteiger partial charge in [0.05, 0.1) is 16.5 Å². The highest BCUT2D eigenvalue weighted by Crippen LogP contribution is 2.24. The number of amides is 1. The first-order chi connectivity index (χ1) is 10.9. The number of rotatable bonds is 5. The van der Waals surface area contributed by atoms with Crippen molar-refractivity contribution in [2.45, 2.75) is 6.42 Å². The van der Waals surface area contributed by atoms with Gasteiger partial charge in [0.1, 0.15) is 5.75 Å². The van der Waals surface area contributed by atoms with Gasteiger partial charge in [-0.3, -0.25) is 9.59 Å². The first-order valence-corrected chi connectivity index (χ1v) is 7.38. The summed E-state index contributed by atoms with van der Waals surface area (Å²) in [5, 5.41) is 12.4. The maximum Gasteiger partial charge on any atom is 0.310 e. The summed E-state index contributed by atoms with van der Waals surface area (Å²) < 4.78 is 4.89. The number of benzene rings is 2. The molecule has 7 heteroatoms. The Morgan fingerprint density at radius 3 is 2.39 bits per heavy atom. The molecule has 0 aliphatic heterocycles.